The molecule has 0 saturated carbocycles. The van der Waals surface area contributed by atoms with Gasteiger partial charge in [-0.3, -0.25) is 0 Å². The normalized spacial score (nSPS) is 9.55. The van der Waals surface area contributed by atoms with Gasteiger partial charge in [-0.15, -0.1) is 0 Å². The highest BCUT2D eigenvalue weighted by atomic mass is 16.7. The van der Waals surface area contributed by atoms with Crippen molar-refractivity contribution >= 4 is 5.97 Å². The minimum Gasteiger partial charge on any atom is -0.476 e. The second kappa shape index (κ2) is 3.09. The van der Waals surface area contributed by atoms with E-state index in [2.05, 4.69) is 0 Å². The SMILES string of the molecule is CCOn1cccc1C(=O)O. The Balaban J connectivity index is 2.87. The Kier molecular flexibility index (Phi) is 2.15. The molecule has 0 aromatic carbocycles. The number of carbonyl (C=O) groups is 1. The summed E-state index contributed by atoms with van der Waals surface area (Å²) in [5, 5.41) is 8.58. The first kappa shape index (κ1) is 7.65. The third-order valence-corrected chi connectivity index (χ3v) is 1.20. The monoisotopic (exact) mass is 155 g/mol. The van der Waals surface area contributed by atoms with Crippen LogP contribution in [0.5, 0.6) is 0 Å². The fourth-order valence-corrected chi connectivity index (χ4v) is 0.783. The molecule has 1 N–H and O–H groups in total. The molecule has 1 aromatic rings. The quantitative estimate of drug-likeness (QED) is 0.696. The van der Waals surface area contributed by atoms with Crippen LogP contribution in [0.25, 0.3) is 0 Å². The first-order valence-corrected chi connectivity index (χ1v) is 3.29. The molecule has 1 aromatic heterocycles. The van der Waals surface area contributed by atoms with Crippen LogP contribution in [0.4, 0.5) is 0 Å². The third-order valence-electron chi connectivity index (χ3n) is 1.20. The second-order valence-corrected chi connectivity index (χ2v) is 1.94. The molecule has 11 heavy (non-hydrogen) atoms. The molecule has 0 spiro atoms. The maximum absolute atomic E-state index is 10.5. The summed E-state index contributed by atoms with van der Waals surface area (Å²) in [6, 6.07) is 3.11. The molecular formula is C7H9NO3. The van der Waals surface area contributed by atoms with Crippen molar-refractivity contribution in [3.05, 3.63) is 24.0 Å². The van der Waals surface area contributed by atoms with Gasteiger partial charge < -0.3 is 9.94 Å². The van der Waals surface area contributed by atoms with Gasteiger partial charge in [0.1, 0.15) is 6.61 Å². The van der Waals surface area contributed by atoms with Gasteiger partial charge in [-0.05, 0) is 19.1 Å². The Morgan fingerprint density at radius 1 is 1.82 bits per heavy atom. The fourth-order valence-electron chi connectivity index (χ4n) is 0.783. The van der Waals surface area contributed by atoms with Crippen molar-refractivity contribution in [1.29, 1.82) is 0 Å². The molecule has 0 atom stereocenters. The first-order valence-electron chi connectivity index (χ1n) is 3.29. The fraction of sp³-hybridized carbons (Fsp3) is 0.286. The smallest absolute Gasteiger partial charge is 0.355 e. The Bertz CT molecular complexity index is 254. The van der Waals surface area contributed by atoms with Crippen LogP contribution in [-0.4, -0.2) is 22.4 Å². The number of carboxylic acid groups (broad SMARTS) is 1. The zero-order valence-corrected chi connectivity index (χ0v) is 6.15. The molecular weight excluding hydrogens is 146 g/mol. The number of rotatable bonds is 3. The lowest BCUT2D eigenvalue weighted by Gasteiger charge is -2.04. The summed E-state index contributed by atoms with van der Waals surface area (Å²) in [5.41, 5.74) is 0.145. The summed E-state index contributed by atoms with van der Waals surface area (Å²) in [4.78, 5) is 15.4. The highest BCUT2D eigenvalue weighted by Gasteiger charge is 2.07. The van der Waals surface area contributed by atoms with Gasteiger partial charge in [0, 0.05) is 6.20 Å². The molecule has 4 nitrogen and oxygen atoms in total. The van der Waals surface area contributed by atoms with Gasteiger partial charge in [0.05, 0.1) is 0 Å². The minimum atomic E-state index is -0.983. The molecule has 1 rings (SSSR count). The maximum Gasteiger partial charge on any atom is 0.355 e. The Morgan fingerprint density at radius 2 is 2.55 bits per heavy atom. The Labute approximate surface area is 64.0 Å². The van der Waals surface area contributed by atoms with E-state index in [4.69, 9.17) is 9.94 Å². The van der Waals surface area contributed by atoms with E-state index in [0.717, 1.165) is 0 Å². The lowest BCUT2D eigenvalue weighted by molar-refractivity contribution is 0.0608. The van der Waals surface area contributed by atoms with Crippen LogP contribution in [0.1, 0.15) is 17.4 Å². The van der Waals surface area contributed by atoms with Crippen LogP contribution in [0.3, 0.4) is 0 Å². The van der Waals surface area contributed by atoms with Crippen molar-refractivity contribution in [1.82, 2.24) is 4.73 Å². The zero-order valence-electron chi connectivity index (χ0n) is 6.15. The average molecular weight is 155 g/mol. The molecule has 0 saturated heterocycles. The van der Waals surface area contributed by atoms with Gasteiger partial charge in [0.15, 0.2) is 5.69 Å². The van der Waals surface area contributed by atoms with Crippen LogP contribution >= 0.6 is 0 Å². The first-order chi connectivity index (χ1) is 5.25. The van der Waals surface area contributed by atoms with Crippen molar-refractivity contribution in [3.63, 3.8) is 0 Å². The van der Waals surface area contributed by atoms with Crippen LogP contribution in [-0.2, 0) is 0 Å². The van der Waals surface area contributed by atoms with Crippen molar-refractivity contribution in [2.24, 2.45) is 0 Å². The highest BCUT2D eigenvalue weighted by Crippen LogP contribution is 1.98. The van der Waals surface area contributed by atoms with Crippen molar-refractivity contribution in [3.8, 4) is 0 Å². The summed E-state index contributed by atoms with van der Waals surface area (Å²) in [7, 11) is 0. The van der Waals surface area contributed by atoms with Crippen molar-refractivity contribution < 1.29 is 14.7 Å². The lowest BCUT2D eigenvalue weighted by atomic mass is 10.4. The summed E-state index contributed by atoms with van der Waals surface area (Å²) in [5.74, 6) is -0.983. The lowest BCUT2D eigenvalue weighted by Crippen LogP contribution is -2.15. The summed E-state index contributed by atoms with van der Waals surface area (Å²) in [6.07, 6.45) is 1.56. The van der Waals surface area contributed by atoms with E-state index in [1.54, 1.807) is 19.2 Å². The van der Waals surface area contributed by atoms with Crippen LogP contribution in [0, 0.1) is 0 Å². The van der Waals surface area contributed by atoms with Crippen LogP contribution < -0.4 is 4.84 Å². The molecule has 4 heteroatoms. The number of aromatic carboxylic acids is 1. The highest BCUT2D eigenvalue weighted by molar-refractivity contribution is 5.85. The second-order valence-electron chi connectivity index (χ2n) is 1.94. The van der Waals surface area contributed by atoms with Crippen molar-refractivity contribution in [2.45, 2.75) is 6.92 Å². The molecule has 0 radical (unpaired) electrons. The van der Waals surface area contributed by atoms with Crippen molar-refractivity contribution in [2.75, 3.05) is 6.61 Å². The van der Waals surface area contributed by atoms with E-state index in [9.17, 15) is 4.79 Å². The van der Waals surface area contributed by atoms with E-state index in [0.29, 0.717) is 6.61 Å². The van der Waals surface area contributed by atoms with E-state index < -0.39 is 5.97 Å². The zero-order chi connectivity index (χ0) is 8.27. The van der Waals surface area contributed by atoms with Gasteiger partial charge in [-0.25, -0.2) is 4.79 Å². The average Bonchev–Trinajstić information content (AvgIpc) is 2.36. The summed E-state index contributed by atoms with van der Waals surface area (Å²) >= 11 is 0. The molecule has 0 amide bonds. The number of hydrogen-bond acceptors (Lipinski definition) is 2. The van der Waals surface area contributed by atoms with E-state index in [1.165, 1.54) is 10.8 Å². The van der Waals surface area contributed by atoms with E-state index in [-0.39, 0.29) is 5.69 Å². The number of carboxylic acids is 1. The van der Waals surface area contributed by atoms with E-state index >= 15 is 0 Å². The topological polar surface area (TPSA) is 51.5 Å². The Hall–Kier alpha value is -1.45. The molecule has 60 valence electrons. The van der Waals surface area contributed by atoms with Crippen LogP contribution in [0.15, 0.2) is 18.3 Å². The molecule has 0 bridgehead atoms. The molecule has 0 fully saturated rings. The van der Waals surface area contributed by atoms with Crippen LogP contribution in [0.2, 0.25) is 0 Å². The maximum atomic E-state index is 10.5. The summed E-state index contributed by atoms with van der Waals surface area (Å²) in [6.45, 7) is 2.25. The minimum absolute atomic E-state index is 0.145. The van der Waals surface area contributed by atoms with Gasteiger partial charge in [0.2, 0.25) is 0 Å². The van der Waals surface area contributed by atoms with Gasteiger partial charge in [0.25, 0.3) is 0 Å². The molecule has 0 aliphatic heterocycles. The van der Waals surface area contributed by atoms with Gasteiger partial charge >= 0.3 is 5.97 Å². The van der Waals surface area contributed by atoms with Gasteiger partial charge in [-0.2, -0.15) is 4.73 Å². The predicted molar refractivity (Wildman–Crippen MR) is 38.5 cm³/mol. The Morgan fingerprint density at radius 3 is 3.09 bits per heavy atom. The predicted octanol–water partition coefficient (Wildman–Crippen LogP) is 0.635. The number of nitrogens with zero attached hydrogens (tertiary/aromatic N) is 1. The molecule has 0 unspecified atom stereocenters. The summed E-state index contributed by atoms with van der Waals surface area (Å²) < 4.78 is 1.24. The van der Waals surface area contributed by atoms with E-state index in [1.807, 2.05) is 0 Å². The molecule has 0 aliphatic carbocycles. The largest absolute Gasteiger partial charge is 0.476 e. The molecule has 0 aliphatic rings. The number of aromatic nitrogens is 1. The third kappa shape index (κ3) is 1.52. The number of hydrogen-bond donors (Lipinski definition) is 1. The standard InChI is InChI=1S/C7H9NO3/c1-2-11-8-5-3-4-6(8)7(9)10/h3-5H,2H2,1H3,(H,9,10). The van der Waals surface area contributed by atoms with Gasteiger partial charge in [-0.1, -0.05) is 0 Å². The molecule has 1 heterocycles.